The van der Waals surface area contributed by atoms with Gasteiger partial charge in [0.1, 0.15) is 6.04 Å². The summed E-state index contributed by atoms with van der Waals surface area (Å²) in [5.74, 6) is -2.02. The van der Waals surface area contributed by atoms with E-state index in [2.05, 4.69) is 4.74 Å². The minimum Gasteiger partial charge on any atom is -0.480 e. The molecule has 0 fully saturated rings. The maximum atomic E-state index is 12.2. The number of hydrogen-bond donors (Lipinski definition) is 1. The highest BCUT2D eigenvalue weighted by molar-refractivity contribution is 5.84. The zero-order valence-corrected chi connectivity index (χ0v) is 12.5. The molecule has 0 aliphatic rings. The van der Waals surface area contributed by atoms with E-state index in [-0.39, 0.29) is 11.5 Å². The summed E-state index contributed by atoms with van der Waals surface area (Å²) in [7, 11) is 1.29. The second-order valence-corrected chi connectivity index (χ2v) is 4.66. The average molecular weight is 335 g/mol. The van der Waals surface area contributed by atoms with Crippen molar-refractivity contribution < 1.29 is 37.3 Å². The Hall–Kier alpha value is -2.45. The molecule has 1 aromatic carbocycles. The molecule has 0 saturated carbocycles. The SMILES string of the molecule is CC(C(=O)O)N(C)C(=O)COc1ccccc1OCC(F)(F)F. The summed E-state index contributed by atoms with van der Waals surface area (Å²) in [6, 6.07) is 4.53. The Morgan fingerprint density at radius 3 is 2.22 bits per heavy atom. The van der Waals surface area contributed by atoms with E-state index in [9.17, 15) is 22.8 Å². The highest BCUT2D eigenvalue weighted by atomic mass is 19.4. The number of benzene rings is 1. The van der Waals surface area contributed by atoms with Crippen LogP contribution in [0.4, 0.5) is 13.2 Å². The van der Waals surface area contributed by atoms with Crippen LogP contribution < -0.4 is 9.47 Å². The predicted molar refractivity (Wildman–Crippen MR) is 73.4 cm³/mol. The Morgan fingerprint density at radius 2 is 1.74 bits per heavy atom. The van der Waals surface area contributed by atoms with Crippen LogP contribution in [0, 0.1) is 0 Å². The molecule has 1 N–H and O–H groups in total. The van der Waals surface area contributed by atoms with Gasteiger partial charge in [-0.1, -0.05) is 12.1 Å². The maximum absolute atomic E-state index is 12.2. The molecule has 128 valence electrons. The van der Waals surface area contributed by atoms with Crippen LogP contribution >= 0.6 is 0 Å². The normalized spacial score (nSPS) is 12.4. The minimum absolute atomic E-state index is 0.0403. The number of rotatable bonds is 7. The van der Waals surface area contributed by atoms with Crippen molar-refractivity contribution in [2.75, 3.05) is 20.3 Å². The molecule has 0 spiro atoms. The van der Waals surface area contributed by atoms with Gasteiger partial charge in [-0.3, -0.25) is 4.79 Å². The monoisotopic (exact) mass is 335 g/mol. The van der Waals surface area contributed by atoms with E-state index in [1.54, 1.807) is 0 Å². The summed E-state index contributed by atoms with van der Waals surface area (Å²) in [5, 5.41) is 8.82. The molecule has 1 atom stereocenters. The molecule has 1 aromatic rings. The molecule has 0 heterocycles. The Bertz CT molecular complexity index is 562. The molecule has 0 bridgehead atoms. The number of likely N-dealkylation sites (N-methyl/N-ethyl adjacent to an activating group) is 1. The van der Waals surface area contributed by atoms with Gasteiger partial charge in [-0.05, 0) is 19.1 Å². The lowest BCUT2D eigenvalue weighted by atomic mass is 10.3. The number of carboxylic acids is 1. The van der Waals surface area contributed by atoms with Crippen molar-refractivity contribution in [3.05, 3.63) is 24.3 Å². The van der Waals surface area contributed by atoms with Gasteiger partial charge in [-0.15, -0.1) is 0 Å². The number of aliphatic carboxylic acids is 1. The van der Waals surface area contributed by atoms with Crippen molar-refractivity contribution in [2.24, 2.45) is 0 Å². The Kier molecular flexibility index (Phi) is 6.23. The third kappa shape index (κ3) is 6.05. The van der Waals surface area contributed by atoms with E-state index >= 15 is 0 Å². The molecule has 1 rings (SSSR count). The van der Waals surface area contributed by atoms with Gasteiger partial charge in [0, 0.05) is 7.05 Å². The number of carboxylic acid groups (broad SMARTS) is 1. The van der Waals surface area contributed by atoms with E-state index in [0.29, 0.717) is 0 Å². The summed E-state index contributed by atoms with van der Waals surface area (Å²) in [5.41, 5.74) is 0. The molecule has 1 unspecified atom stereocenters. The number of ether oxygens (including phenoxy) is 2. The predicted octanol–water partition coefficient (Wildman–Crippen LogP) is 1.94. The first kappa shape index (κ1) is 18.6. The van der Waals surface area contributed by atoms with Gasteiger partial charge in [-0.25, -0.2) is 4.79 Å². The second-order valence-electron chi connectivity index (χ2n) is 4.66. The molecule has 1 amide bonds. The number of amides is 1. The van der Waals surface area contributed by atoms with Gasteiger partial charge >= 0.3 is 12.1 Å². The van der Waals surface area contributed by atoms with Crippen LogP contribution in [0.1, 0.15) is 6.92 Å². The van der Waals surface area contributed by atoms with Gasteiger partial charge in [0.05, 0.1) is 0 Å². The van der Waals surface area contributed by atoms with Gasteiger partial charge in [0.15, 0.2) is 24.7 Å². The largest absolute Gasteiger partial charge is 0.480 e. The van der Waals surface area contributed by atoms with E-state index < -0.39 is 37.3 Å². The van der Waals surface area contributed by atoms with Gasteiger partial charge in [0.25, 0.3) is 5.91 Å². The van der Waals surface area contributed by atoms with Crippen LogP contribution in [0.5, 0.6) is 11.5 Å². The highest BCUT2D eigenvalue weighted by Crippen LogP contribution is 2.28. The fraction of sp³-hybridized carbons (Fsp3) is 0.429. The lowest BCUT2D eigenvalue weighted by Crippen LogP contribution is -2.42. The van der Waals surface area contributed by atoms with E-state index in [0.717, 1.165) is 4.90 Å². The van der Waals surface area contributed by atoms with Crippen molar-refractivity contribution in [3.63, 3.8) is 0 Å². The van der Waals surface area contributed by atoms with Gasteiger partial charge in [0.2, 0.25) is 0 Å². The topological polar surface area (TPSA) is 76.1 Å². The summed E-state index contributed by atoms with van der Waals surface area (Å²) in [6.45, 7) is -0.696. The van der Waals surface area contributed by atoms with Crippen LogP contribution in [0.2, 0.25) is 0 Å². The van der Waals surface area contributed by atoms with Crippen LogP contribution in [-0.2, 0) is 9.59 Å². The standard InChI is InChI=1S/C14H16F3NO5/c1-9(13(20)21)18(2)12(19)7-22-10-5-3-4-6-11(10)23-8-14(15,16)17/h3-6,9H,7-8H2,1-2H3,(H,20,21). The molecule has 9 heteroatoms. The third-order valence-electron chi connectivity index (χ3n) is 2.92. The number of carbonyl (C=O) groups is 2. The second kappa shape index (κ2) is 7.70. The van der Waals surface area contributed by atoms with Crippen molar-refractivity contribution in [1.82, 2.24) is 4.90 Å². The van der Waals surface area contributed by atoms with Crippen molar-refractivity contribution in [2.45, 2.75) is 19.1 Å². The fourth-order valence-electron chi connectivity index (χ4n) is 1.47. The smallest absolute Gasteiger partial charge is 0.422 e. The molecular formula is C14H16F3NO5. The quantitative estimate of drug-likeness (QED) is 0.824. The number of carbonyl (C=O) groups excluding carboxylic acids is 1. The highest BCUT2D eigenvalue weighted by Gasteiger charge is 2.29. The van der Waals surface area contributed by atoms with Crippen LogP contribution in [0.3, 0.4) is 0 Å². The Labute approximate surface area is 130 Å². The lowest BCUT2D eigenvalue weighted by Gasteiger charge is -2.21. The molecule has 0 aliphatic carbocycles. The van der Waals surface area contributed by atoms with Crippen LogP contribution in [0.25, 0.3) is 0 Å². The van der Waals surface area contributed by atoms with E-state index in [1.165, 1.54) is 38.2 Å². The summed E-state index contributed by atoms with van der Waals surface area (Å²) in [6.07, 6.45) is -4.50. The molecule has 6 nitrogen and oxygen atoms in total. The number of alkyl halides is 3. The summed E-state index contributed by atoms with van der Waals surface area (Å²) >= 11 is 0. The number of halogens is 3. The Balaban J connectivity index is 2.67. The van der Waals surface area contributed by atoms with Gasteiger partial charge < -0.3 is 19.5 Å². The Morgan fingerprint density at radius 1 is 1.22 bits per heavy atom. The molecule has 0 aliphatic heterocycles. The summed E-state index contributed by atoms with van der Waals surface area (Å²) < 4.78 is 46.3. The zero-order chi connectivity index (χ0) is 17.6. The fourth-order valence-corrected chi connectivity index (χ4v) is 1.47. The summed E-state index contributed by atoms with van der Waals surface area (Å²) in [4.78, 5) is 23.6. The molecule has 0 radical (unpaired) electrons. The minimum atomic E-state index is -4.50. The molecule has 23 heavy (non-hydrogen) atoms. The first-order chi connectivity index (χ1) is 10.6. The van der Waals surface area contributed by atoms with Gasteiger partial charge in [-0.2, -0.15) is 13.2 Å². The zero-order valence-electron chi connectivity index (χ0n) is 12.5. The molecule has 0 aromatic heterocycles. The number of para-hydroxylation sites is 2. The van der Waals surface area contributed by atoms with Crippen LogP contribution in [-0.4, -0.2) is 54.4 Å². The first-order valence-electron chi connectivity index (χ1n) is 6.51. The van der Waals surface area contributed by atoms with Crippen molar-refractivity contribution in [3.8, 4) is 11.5 Å². The van der Waals surface area contributed by atoms with Crippen molar-refractivity contribution in [1.29, 1.82) is 0 Å². The van der Waals surface area contributed by atoms with E-state index in [1.807, 2.05) is 0 Å². The van der Waals surface area contributed by atoms with Crippen molar-refractivity contribution >= 4 is 11.9 Å². The number of hydrogen-bond acceptors (Lipinski definition) is 4. The average Bonchev–Trinajstić information content (AvgIpc) is 2.48. The molecular weight excluding hydrogens is 319 g/mol. The third-order valence-corrected chi connectivity index (χ3v) is 2.92. The van der Waals surface area contributed by atoms with Crippen LogP contribution in [0.15, 0.2) is 24.3 Å². The first-order valence-corrected chi connectivity index (χ1v) is 6.51. The maximum Gasteiger partial charge on any atom is 0.422 e. The number of nitrogens with zero attached hydrogens (tertiary/aromatic N) is 1. The lowest BCUT2D eigenvalue weighted by molar-refractivity contribution is -0.153. The molecule has 0 saturated heterocycles. The van der Waals surface area contributed by atoms with E-state index in [4.69, 9.17) is 9.84 Å².